The molecule has 174 valence electrons. The third-order valence-corrected chi connectivity index (χ3v) is 5.74. The van der Waals surface area contributed by atoms with Crippen LogP contribution in [-0.2, 0) is 19.6 Å². The van der Waals surface area contributed by atoms with Crippen molar-refractivity contribution in [1.29, 1.82) is 0 Å². The van der Waals surface area contributed by atoms with Crippen molar-refractivity contribution < 1.29 is 9.47 Å². The van der Waals surface area contributed by atoms with Gasteiger partial charge < -0.3 is 24.6 Å². The van der Waals surface area contributed by atoms with Crippen LogP contribution in [0.1, 0.15) is 16.7 Å². The lowest BCUT2D eigenvalue weighted by molar-refractivity contribution is 0.171. The first-order valence-corrected chi connectivity index (χ1v) is 11.1. The van der Waals surface area contributed by atoms with E-state index in [0.29, 0.717) is 0 Å². The molecule has 32 heavy (non-hydrogen) atoms. The van der Waals surface area contributed by atoms with Gasteiger partial charge in [0, 0.05) is 58.4 Å². The van der Waals surface area contributed by atoms with Crippen LogP contribution in [0, 0.1) is 0 Å². The van der Waals surface area contributed by atoms with E-state index in [9.17, 15) is 0 Å². The number of ether oxygens (including phenoxy) is 2. The summed E-state index contributed by atoms with van der Waals surface area (Å²) >= 11 is 0. The molecule has 7 heteroatoms. The van der Waals surface area contributed by atoms with Crippen LogP contribution in [0.25, 0.3) is 0 Å². The second-order valence-corrected chi connectivity index (χ2v) is 8.40. The molecule has 0 radical (unpaired) electrons. The van der Waals surface area contributed by atoms with Gasteiger partial charge in [0.25, 0.3) is 0 Å². The van der Waals surface area contributed by atoms with Crippen LogP contribution in [0.3, 0.4) is 0 Å². The highest BCUT2D eigenvalue weighted by molar-refractivity contribution is 5.80. The van der Waals surface area contributed by atoms with Crippen molar-refractivity contribution >= 4 is 5.96 Å². The lowest BCUT2D eigenvalue weighted by Gasteiger charge is -2.36. The number of aliphatic imine (C=N–C) groups is 1. The van der Waals surface area contributed by atoms with Gasteiger partial charge in [-0.15, -0.1) is 0 Å². The molecule has 1 N–H and O–H groups in total. The lowest BCUT2D eigenvalue weighted by atomic mass is 10.1. The van der Waals surface area contributed by atoms with Crippen molar-refractivity contribution in [2.24, 2.45) is 4.99 Å². The number of guanidine groups is 1. The van der Waals surface area contributed by atoms with E-state index in [1.165, 1.54) is 11.1 Å². The fourth-order valence-electron chi connectivity index (χ4n) is 4.01. The largest absolute Gasteiger partial charge is 0.497 e. The molecule has 7 nitrogen and oxygen atoms in total. The van der Waals surface area contributed by atoms with E-state index in [1.54, 1.807) is 14.2 Å². The van der Waals surface area contributed by atoms with Crippen molar-refractivity contribution in [2.75, 3.05) is 61.5 Å². The highest BCUT2D eigenvalue weighted by Gasteiger charge is 2.20. The van der Waals surface area contributed by atoms with Gasteiger partial charge in [-0.05, 0) is 43.4 Å². The molecule has 1 fully saturated rings. The van der Waals surface area contributed by atoms with Crippen molar-refractivity contribution in [3.63, 3.8) is 0 Å². The van der Waals surface area contributed by atoms with Crippen LogP contribution < -0.4 is 14.8 Å². The maximum absolute atomic E-state index is 5.54. The number of hydrogen-bond donors (Lipinski definition) is 1. The van der Waals surface area contributed by atoms with E-state index in [-0.39, 0.29) is 0 Å². The molecule has 0 spiro atoms. The molecule has 1 aliphatic heterocycles. The third kappa shape index (κ3) is 6.61. The SMILES string of the molecule is CN=C(NCc1ccc(CN(C)C)cc1)N1CCN(Cc2cc(OC)ccc2OC)CC1. The zero-order valence-corrected chi connectivity index (χ0v) is 20.1. The van der Waals surface area contributed by atoms with E-state index in [1.807, 2.05) is 19.2 Å². The Balaban J connectivity index is 1.50. The minimum Gasteiger partial charge on any atom is -0.497 e. The number of methoxy groups -OCH3 is 2. The highest BCUT2D eigenvalue weighted by Crippen LogP contribution is 2.25. The fraction of sp³-hybridized carbons (Fsp3) is 0.480. The number of nitrogens with zero attached hydrogens (tertiary/aromatic N) is 4. The van der Waals surface area contributed by atoms with Crippen LogP contribution in [-0.4, -0.2) is 82.2 Å². The predicted molar refractivity (Wildman–Crippen MR) is 130 cm³/mol. The van der Waals surface area contributed by atoms with Crippen LogP contribution in [0.4, 0.5) is 0 Å². The summed E-state index contributed by atoms with van der Waals surface area (Å²) < 4.78 is 10.9. The van der Waals surface area contributed by atoms with Crippen LogP contribution in [0.2, 0.25) is 0 Å². The average Bonchev–Trinajstić information content (AvgIpc) is 2.81. The predicted octanol–water partition coefficient (Wildman–Crippen LogP) is 2.66. The topological polar surface area (TPSA) is 52.6 Å². The molecular weight excluding hydrogens is 402 g/mol. The van der Waals surface area contributed by atoms with Crippen LogP contribution in [0.5, 0.6) is 11.5 Å². The van der Waals surface area contributed by atoms with Crippen LogP contribution in [0.15, 0.2) is 47.5 Å². The molecule has 0 aromatic heterocycles. The van der Waals surface area contributed by atoms with E-state index in [4.69, 9.17) is 9.47 Å². The van der Waals surface area contributed by atoms with Gasteiger partial charge in [0.15, 0.2) is 5.96 Å². The number of hydrogen-bond acceptors (Lipinski definition) is 5. The summed E-state index contributed by atoms with van der Waals surface area (Å²) in [4.78, 5) is 11.5. The van der Waals surface area contributed by atoms with Gasteiger partial charge in [-0.2, -0.15) is 0 Å². The average molecular weight is 440 g/mol. The van der Waals surface area contributed by atoms with Gasteiger partial charge >= 0.3 is 0 Å². The molecule has 0 saturated carbocycles. The van der Waals surface area contributed by atoms with Crippen molar-refractivity contribution in [3.05, 3.63) is 59.2 Å². The normalized spacial score (nSPS) is 15.2. The Hall–Kier alpha value is -2.77. The first-order chi connectivity index (χ1) is 15.5. The minimum atomic E-state index is 0.774. The van der Waals surface area contributed by atoms with E-state index in [0.717, 1.165) is 68.8 Å². The number of benzene rings is 2. The van der Waals surface area contributed by atoms with Gasteiger partial charge in [-0.3, -0.25) is 9.89 Å². The monoisotopic (exact) mass is 439 g/mol. The second-order valence-electron chi connectivity index (χ2n) is 8.40. The van der Waals surface area contributed by atoms with Gasteiger partial charge in [0.2, 0.25) is 0 Å². The van der Waals surface area contributed by atoms with Gasteiger partial charge in [-0.1, -0.05) is 24.3 Å². The number of rotatable bonds is 8. The summed E-state index contributed by atoms with van der Waals surface area (Å²) in [5, 5.41) is 3.52. The van der Waals surface area contributed by atoms with Crippen molar-refractivity contribution in [1.82, 2.24) is 20.0 Å². The summed E-state index contributed by atoms with van der Waals surface area (Å²) in [7, 11) is 9.45. The zero-order chi connectivity index (χ0) is 22.9. The standard InChI is InChI=1S/C25H37N5O2/c1-26-25(27-17-20-6-8-21(9-7-20)18-28(2)3)30-14-12-29(13-15-30)19-22-16-23(31-4)10-11-24(22)32-5/h6-11,16H,12-15,17-19H2,1-5H3,(H,26,27). The quantitative estimate of drug-likeness (QED) is 0.504. The summed E-state index contributed by atoms with van der Waals surface area (Å²) in [5.41, 5.74) is 3.74. The summed E-state index contributed by atoms with van der Waals surface area (Å²) in [5.74, 6) is 2.72. The Morgan fingerprint density at radius 3 is 2.25 bits per heavy atom. The Labute approximate surface area is 192 Å². The molecular formula is C25H37N5O2. The zero-order valence-electron chi connectivity index (χ0n) is 20.1. The van der Waals surface area contributed by atoms with E-state index in [2.05, 4.69) is 69.4 Å². The molecule has 1 heterocycles. The Bertz CT molecular complexity index is 874. The van der Waals surface area contributed by atoms with Gasteiger partial charge in [-0.25, -0.2) is 0 Å². The van der Waals surface area contributed by atoms with Crippen molar-refractivity contribution in [2.45, 2.75) is 19.6 Å². The number of nitrogens with one attached hydrogen (secondary N) is 1. The molecule has 0 atom stereocenters. The maximum atomic E-state index is 5.54. The Morgan fingerprint density at radius 2 is 1.66 bits per heavy atom. The summed E-state index contributed by atoms with van der Waals surface area (Å²) in [6, 6.07) is 14.8. The van der Waals surface area contributed by atoms with E-state index >= 15 is 0 Å². The summed E-state index contributed by atoms with van der Waals surface area (Å²) in [6.07, 6.45) is 0. The molecule has 1 saturated heterocycles. The molecule has 1 aliphatic rings. The Morgan fingerprint density at radius 1 is 0.969 bits per heavy atom. The molecule has 0 unspecified atom stereocenters. The molecule has 0 amide bonds. The molecule has 2 aromatic carbocycles. The van der Waals surface area contributed by atoms with Gasteiger partial charge in [0.05, 0.1) is 14.2 Å². The van der Waals surface area contributed by atoms with Gasteiger partial charge in [0.1, 0.15) is 11.5 Å². The Kier molecular flexibility index (Phi) is 8.76. The second kappa shape index (κ2) is 11.7. The third-order valence-electron chi connectivity index (χ3n) is 5.74. The smallest absolute Gasteiger partial charge is 0.194 e. The fourth-order valence-corrected chi connectivity index (χ4v) is 4.01. The first kappa shape index (κ1) is 23.9. The molecule has 0 bridgehead atoms. The van der Waals surface area contributed by atoms with Crippen LogP contribution >= 0.6 is 0 Å². The molecule has 3 rings (SSSR count). The summed E-state index contributed by atoms with van der Waals surface area (Å²) in [6.45, 7) is 6.40. The number of piperazine rings is 1. The van der Waals surface area contributed by atoms with Crippen molar-refractivity contribution in [3.8, 4) is 11.5 Å². The molecule has 0 aliphatic carbocycles. The lowest BCUT2D eigenvalue weighted by Crippen LogP contribution is -2.52. The maximum Gasteiger partial charge on any atom is 0.194 e. The highest BCUT2D eigenvalue weighted by atomic mass is 16.5. The molecule has 2 aromatic rings. The van der Waals surface area contributed by atoms with E-state index < -0.39 is 0 Å². The first-order valence-electron chi connectivity index (χ1n) is 11.1. The minimum absolute atomic E-state index is 0.774.